The van der Waals surface area contributed by atoms with Crippen molar-refractivity contribution in [2.24, 2.45) is 0 Å². The number of benzene rings is 1. The van der Waals surface area contributed by atoms with Crippen LogP contribution in [0, 0.1) is 5.82 Å². The molecule has 0 spiro atoms. The molecule has 1 aromatic carbocycles. The number of rotatable bonds is 4. The average Bonchev–Trinajstić information content (AvgIpc) is 2.40. The summed E-state index contributed by atoms with van der Waals surface area (Å²) < 4.78 is 18.3. The Morgan fingerprint density at radius 3 is 2.74 bits per heavy atom. The van der Waals surface area contributed by atoms with E-state index in [9.17, 15) is 9.18 Å². The molecule has 98 valence electrons. The molecular formula is C13H9ClFNO3. The van der Waals surface area contributed by atoms with Crippen molar-refractivity contribution < 1.29 is 19.0 Å². The molecule has 1 heterocycles. The Kier molecular flexibility index (Phi) is 3.97. The molecule has 0 aliphatic carbocycles. The van der Waals surface area contributed by atoms with Crippen molar-refractivity contribution in [3.05, 3.63) is 58.6 Å². The number of carboxylic acid groups (broad SMARTS) is 1. The fraction of sp³-hybridized carbons (Fsp3) is 0.0769. The maximum absolute atomic E-state index is 12.9. The van der Waals surface area contributed by atoms with Crippen LogP contribution in [0.25, 0.3) is 0 Å². The number of carbonyl (C=O) groups is 1. The van der Waals surface area contributed by atoms with Gasteiger partial charge in [0.2, 0.25) is 0 Å². The van der Waals surface area contributed by atoms with E-state index in [0.29, 0.717) is 11.3 Å². The van der Waals surface area contributed by atoms with E-state index in [1.807, 2.05) is 0 Å². The first-order valence-electron chi connectivity index (χ1n) is 5.32. The van der Waals surface area contributed by atoms with Gasteiger partial charge in [-0.25, -0.2) is 14.2 Å². The second-order valence-electron chi connectivity index (χ2n) is 3.72. The molecule has 0 atom stereocenters. The number of carboxylic acids is 1. The molecule has 0 aliphatic rings. The Bertz CT molecular complexity index is 601. The van der Waals surface area contributed by atoms with Gasteiger partial charge in [0.1, 0.15) is 23.9 Å². The van der Waals surface area contributed by atoms with Crippen LogP contribution in [-0.2, 0) is 6.61 Å². The summed E-state index contributed by atoms with van der Waals surface area (Å²) in [4.78, 5) is 14.3. The lowest BCUT2D eigenvalue weighted by Gasteiger charge is -2.06. The van der Waals surface area contributed by atoms with Gasteiger partial charge in [-0.3, -0.25) is 0 Å². The summed E-state index contributed by atoms with van der Waals surface area (Å²) in [5.41, 5.74) is 0.644. The molecule has 4 nitrogen and oxygen atoms in total. The topological polar surface area (TPSA) is 59.4 Å². The highest BCUT2D eigenvalue weighted by atomic mass is 35.5. The van der Waals surface area contributed by atoms with E-state index >= 15 is 0 Å². The quantitative estimate of drug-likeness (QED) is 0.935. The fourth-order valence-electron chi connectivity index (χ4n) is 1.39. The van der Waals surface area contributed by atoms with Crippen molar-refractivity contribution in [3.63, 3.8) is 0 Å². The van der Waals surface area contributed by atoms with Crippen LogP contribution in [-0.4, -0.2) is 16.1 Å². The zero-order valence-electron chi connectivity index (χ0n) is 9.64. The lowest BCUT2D eigenvalue weighted by molar-refractivity contribution is 0.0690. The van der Waals surface area contributed by atoms with Gasteiger partial charge in [0.05, 0.1) is 11.2 Å². The number of ether oxygens (including phenoxy) is 1. The Balaban J connectivity index is 2.01. The molecule has 6 heteroatoms. The number of hydrogen-bond acceptors (Lipinski definition) is 3. The van der Waals surface area contributed by atoms with Crippen molar-refractivity contribution in [2.45, 2.75) is 6.61 Å². The Morgan fingerprint density at radius 2 is 2.16 bits per heavy atom. The third-order valence-electron chi connectivity index (χ3n) is 2.34. The van der Waals surface area contributed by atoms with Gasteiger partial charge in [0, 0.05) is 0 Å². The molecule has 0 aliphatic heterocycles. The van der Waals surface area contributed by atoms with Crippen molar-refractivity contribution in [1.29, 1.82) is 0 Å². The number of hydrogen-bond donors (Lipinski definition) is 1. The van der Waals surface area contributed by atoms with Crippen LogP contribution < -0.4 is 4.74 Å². The number of aromatic nitrogens is 1. The number of nitrogens with zero attached hydrogens (tertiary/aromatic N) is 1. The predicted molar refractivity (Wildman–Crippen MR) is 66.9 cm³/mol. The van der Waals surface area contributed by atoms with Gasteiger partial charge in [-0.2, -0.15) is 0 Å². The highest BCUT2D eigenvalue weighted by molar-refractivity contribution is 6.30. The largest absolute Gasteiger partial charge is 0.487 e. The lowest BCUT2D eigenvalue weighted by Crippen LogP contribution is -2.01. The van der Waals surface area contributed by atoms with Crippen LogP contribution in [0.1, 0.15) is 16.1 Å². The molecule has 0 amide bonds. The van der Waals surface area contributed by atoms with Gasteiger partial charge in [0.15, 0.2) is 0 Å². The highest BCUT2D eigenvalue weighted by Crippen LogP contribution is 2.18. The molecule has 0 fully saturated rings. The predicted octanol–water partition coefficient (Wildman–Crippen LogP) is 3.15. The molecular weight excluding hydrogens is 273 g/mol. The standard InChI is InChI=1S/C13H9ClFNO3/c14-10-5-8(1-3-11(10)15)7-19-9-2-4-12(13(17)18)16-6-9/h1-6H,7H2,(H,17,18). The van der Waals surface area contributed by atoms with Gasteiger partial charge in [0.25, 0.3) is 0 Å². The minimum atomic E-state index is -1.10. The van der Waals surface area contributed by atoms with E-state index in [0.717, 1.165) is 0 Å². The molecule has 0 radical (unpaired) electrons. The Morgan fingerprint density at radius 1 is 1.37 bits per heavy atom. The normalized spacial score (nSPS) is 10.2. The van der Waals surface area contributed by atoms with Crippen LogP contribution in [0.15, 0.2) is 36.5 Å². The zero-order valence-corrected chi connectivity index (χ0v) is 10.4. The first-order chi connectivity index (χ1) is 9.06. The van der Waals surface area contributed by atoms with Gasteiger partial charge >= 0.3 is 5.97 Å². The molecule has 0 saturated heterocycles. The fourth-order valence-corrected chi connectivity index (χ4v) is 1.59. The smallest absolute Gasteiger partial charge is 0.354 e. The van der Waals surface area contributed by atoms with Crippen molar-refractivity contribution in [1.82, 2.24) is 4.98 Å². The van der Waals surface area contributed by atoms with E-state index in [2.05, 4.69) is 4.98 Å². The first kappa shape index (κ1) is 13.3. The van der Waals surface area contributed by atoms with E-state index in [-0.39, 0.29) is 17.3 Å². The highest BCUT2D eigenvalue weighted by Gasteiger charge is 2.05. The number of pyridine rings is 1. The summed E-state index contributed by atoms with van der Waals surface area (Å²) >= 11 is 5.64. The Labute approximate surface area is 113 Å². The SMILES string of the molecule is O=C(O)c1ccc(OCc2ccc(F)c(Cl)c2)cn1. The second kappa shape index (κ2) is 5.67. The number of halogens is 2. The van der Waals surface area contributed by atoms with E-state index in [1.165, 1.54) is 30.5 Å². The Hall–Kier alpha value is -2.14. The minimum Gasteiger partial charge on any atom is -0.487 e. The third kappa shape index (κ3) is 3.42. The lowest BCUT2D eigenvalue weighted by atomic mass is 10.2. The summed E-state index contributed by atoms with van der Waals surface area (Å²) in [5, 5.41) is 8.71. The summed E-state index contributed by atoms with van der Waals surface area (Å²) in [5.74, 6) is -1.17. The molecule has 2 rings (SSSR count). The third-order valence-corrected chi connectivity index (χ3v) is 2.63. The molecule has 19 heavy (non-hydrogen) atoms. The second-order valence-corrected chi connectivity index (χ2v) is 4.13. The van der Waals surface area contributed by atoms with E-state index in [1.54, 1.807) is 6.07 Å². The maximum atomic E-state index is 12.9. The minimum absolute atomic E-state index is 0.0282. The van der Waals surface area contributed by atoms with Gasteiger partial charge in [-0.15, -0.1) is 0 Å². The molecule has 0 unspecified atom stereocenters. The molecule has 0 bridgehead atoms. The summed E-state index contributed by atoms with van der Waals surface area (Å²) in [7, 11) is 0. The summed E-state index contributed by atoms with van der Waals surface area (Å²) in [6.45, 7) is 0.189. The zero-order chi connectivity index (χ0) is 13.8. The van der Waals surface area contributed by atoms with Crippen LogP contribution in [0.2, 0.25) is 5.02 Å². The van der Waals surface area contributed by atoms with Crippen LogP contribution in [0.4, 0.5) is 4.39 Å². The van der Waals surface area contributed by atoms with Crippen molar-refractivity contribution in [3.8, 4) is 5.75 Å². The molecule has 1 aromatic heterocycles. The first-order valence-corrected chi connectivity index (χ1v) is 5.70. The molecule has 0 saturated carbocycles. The summed E-state index contributed by atoms with van der Waals surface area (Å²) in [6, 6.07) is 7.12. The monoisotopic (exact) mass is 281 g/mol. The van der Waals surface area contributed by atoms with Crippen LogP contribution in [0.5, 0.6) is 5.75 Å². The maximum Gasteiger partial charge on any atom is 0.354 e. The van der Waals surface area contributed by atoms with Gasteiger partial charge in [-0.05, 0) is 29.8 Å². The van der Waals surface area contributed by atoms with Crippen molar-refractivity contribution in [2.75, 3.05) is 0 Å². The summed E-state index contributed by atoms with van der Waals surface area (Å²) in [6.07, 6.45) is 1.31. The molecule has 1 N–H and O–H groups in total. The van der Waals surface area contributed by atoms with Gasteiger partial charge < -0.3 is 9.84 Å². The number of aromatic carboxylic acids is 1. The van der Waals surface area contributed by atoms with Crippen LogP contribution >= 0.6 is 11.6 Å². The van der Waals surface area contributed by atoms with E-state index < -0.39 is 11.8 Å². The van der Waals surface area contributed by atoms with Gasteiger partial charge in [-0.1, -0.05) is 17.7 Å². The van der Waals surface area contributed by atoms with E-state index in [4.69, 9.17) is 21.4 Å². The van der Waals surface area contributed by atoms with Crippen molar-refractivity contribution >= 4 is 17.6 Å². The molecule has 2 aromatic rings. The van der Waals surface area contributed by atoms with Crippen LogP contribution in [0.3, 0.4) is 0 Å². The average molecular weight is 282 g/mol.